The number of benzene rings is 1. The number of aliphatic carboxylic acids is 1. The normalized spacial score (nSPS) is 12.2. The van der Waals surface area contributed by atoms with Crippen molar-refractivity contribution in [1.29, 1.82) is 0 Å². The van der Waals surface area contributed by atoms with E-state index in [0.717, 1.165) is 0 Å². The maximum Gasteiger partial charge on any atom is 0.337 e. The van der Waals surface area contributed by atoms with Gasteiger partial charge in [-0.1, -0.05) is 34.1 Å². The molecule has 1 aromatic rings. The molecule has 6 heteroatoms. The molecular weight excluding hydrogens is 323 g/mol. The van der Waals surface area contributed by atoms with Crippen molar-refractivity contribution in [3.63, 3.8) is 0 Å². The summed E-state index contributed by atoms with van der Waals surface area (Å²) in [6, 6.07) is 4.65. The number of ketones is 1. The van der Waals surface area contributed by atoms with Crippen molar-refractivity contribution in [1.82, 2.24) is 0 Å². The second kappa shape index (κ2) is 6.87. The lowest BCUT2D eigenvalue weighted by Gasteiger charge is -2.14. The summed E-state index contributed by atoms with van der Waals surface area (Å²) in [5, 5.41) is 18.9. The Kier molecular flexibility index (Phi) is 5.78. The molecule has 0 radical (unpaired) electrons. The minimum Gasteiger partial charge on any atom is -0.479 e. The first-order chi connectivity index (χ1) is 8.52. The van der Waals surface area contributed by atoms with Gasteiger partial charge in [0.1, 0.15) is 0 Å². The van der Waals surface area contributed by atoms with Crippen LogP contribution in [0.5, 0.6) is 0 Å². The summed E-state index contributed by atoms with van der Waals surface area (Å²) < 4.78 is 0. The molecule has 0 aliphatic rings. The number of halogens is 2. The Morgan fingerprint density at radius 1 is 1.39 bits per heavy atom. The predicted molar refractivity (Wildman–Crippen MR) is 71.3 cm³/mol. The molecule has 2 N–H and O–H groups in total. The van der Waals surface area contributed by atoms with Crippen molar-refractivity contribution in [3.8, 4) is 0 Å². The van der Waals surface area contributed by atoms with Gasteiger partial charge in [-0.25, -0.2) is 4.79 Å². The Bertz CT molecular complexity index is 461. The first kappa shape index (κ1) is 15.1. The lowest BCUT2D eigenvalue weighted by Crippen LogP contribution is -2.17. The van der Waals surface area contributed by atoms with E-state index < -0.39 is 12.1 Å². The van der Waals surface area contributed by atoms with Crippen LogP contribution in [0, 0.1) is 0 Å². The Morgan fingerprint density at radius 3 is 2.56 bits per heavy atom. The maximum atomic E-state index is 12.0. The second-order valence-electron chi connectivity index (χ2n) is 3.62. The van der Waals surface area contributed by atoms with Crippen LogP contribution in [0.25, 0.3) is 0 Å². The average Bonchev–Trinajstić information content (AvgIpc) is 2.36. The highest BCUT2D eigenvalue weighted by molar-refractivity contribution is 9.09. The summed E-state index contributed by atoms with van der Waals surface area (Å²) in [6.45, 7) is 0. The number of rotatable bonds is 6. The van der Waals surface area contributed by atoms with E-state index in [1.807, 2.05) is 0 Å². The third-order valence-electron chi connectivity index (χ3n) is 2.46. The zero-order valence-electron chi connectivity index (χ0n) is 9.40. The Hall–Kier alpha value is -0.910. The van der Waals surface area contributed by atoms with E-state index in [4.69, 9.17) is 16.7 Å². The van der Waals surface area contributed by atoms with E-state index in [1.54, 1.807) is 12.1 Å². The van der Waals surface area contributed by atoms with Crippen molar-refractivity contribution >= 4 is 39.3 Å². The summed E-state index contributed by atoms with van der Waals surface area (Å²) in [5.41, 5.74) is 0.828. The summed E-state index contributed by atoms with van der Waals surface area (Å²) in [7, 11) is 0. The van der Waals surface area contributed by atoms with Crippen molar-refractivity contribution in [2.75, 3.05) is 5.33 Å². The smallest absolute Gasteiger partial charge is 0.337 e. The van der Waals surface area contributed by atoms with E-state index in [9.17, 15) is 14.7 Å². The SMILES string of the molecule is O=C(CCBr)c1c(CCl)cccc1C(O)C(=O)O. The number of carboxylic acid groups (broad SMARTS) is 1. The van der Waals surface area contributed by atoms with Crippen LogP contribution >= 0.6 is 27.5 Å². The van der Waals surface area contributed by atoms with Gasteiger partial charge in [0.15, 0.2) is 11.9 Å². The summed E-state index contributed by atoms with van der Waals surface area (Å²) in [5.74, 6) is -1.54. The Labute approximate surface area is 118 Å². The molecule has 0 aliphatic carbocycles. The highest BCUT2D eigenvalue weighted by Gasteiger charge is 2.24. The van der Waals surface area contributed by atoms with Gasteiger partial charge in [0.25, 0.3) is 0 Å². The number of aliphatic hydroxyl groups is 1. The third kappa shape index (κ3) is 3.31. The number of Topliss-reactive ketones (excluding diaryl/α,β-unsaturated/α-hetero) is 1. The standard InChI is InChI=1S/C12H12BrClO4/c13-5-4-9(15)10-7(6-14)2-1-3-8(10)11(16)12(17)18/h1-3,11,16H,4-6H2,(H,17,18). The van der Waals surface area contributed by atoms with E-state index >= 15 is 0 Å². The molecule has 0 saturated carbocycles. The highest BCUT2D eigenvalue weighted by Crippen LogP contribution is 2.25. The fourth-order valence-corrected chi connectivity index (χ4v) is 2.23. The Morgan fingerprint density at radius 2 is 2.06 bits per heavy atom. The van der Waals surface area contributed by atoms with E-state index in [0.29, 0.717) is 10.9 Å². The van der Waals surface area contributed by atoms with Gasteiger partial charge in [-0.05, 0) is 5.56 Å². The van der Waals surface area contributed by atoms with Gasteiger partial charge in [0.2, 0.25) is 0 Å². The summed E-state index contributed by atoms with van der Waals surface area (Å²) >= 11 is 8.89. The van der Waals surface area contributed by atoms with Gasteiger partial charge in [0.05, 0.1) is 0 Å². The number of carbonyl (C=O) groups excluding carboxylic acids is 1. The minimum absolute atomic E-state index is 0.0868. The number of hydrogen-bond acceptors (Lipinski definition) is 3. The first-order valence-electron chi connectivity index (χ1n) is 5.20. The zero-order valence-corrected chi connectivity index (χ0v) is 11.7. The van der Waals surface area contributed by atoms with Crippen LogP contribution in [0.1, 0.15) is 34.0 Å². The van der Waals surface area contributed by atoms with E-state index in [2.05, 4.69) is 15.9 Å². The Balaban J connectivity index is 3.33. The van der Waals surface area contributed by atoms with Crippen molar-refractivity contribution in [3.05, 3.63) is 34.9 Å². The molecule has 0 aromatic heterocycles. The van der Waals surface area contributed by atoms with Crippen LogP contribution in [0.15, 0.2) is 18.2 Å². The molecule has 18 heavy (non-hydrogen) atoms. The van der Waals surface area contributed by atoms with Crippen LogP contribution in [0.3, 0.4) is 0 Å². The lowest BCUT2D eigenvalue weighted by atomic mass is 9.93. The number of hydrogen-bond donors (Lipinski definition) is 2. The average molecular weight is 336 g/mol. The fourth-order valence-electron chi connectivity index (χ4n) is 1.64. The predicted octanol–water partition coefficient (Wildman–Crippen LogP) is 2.51. The van der Waals surface area contributed by atoms with Crippen LogP contribution in [0.2, 0.25) is 0 Å². The molecule has 0 spiro atoms. The molecule has 4 nitrogen and oxygen atoms in total. The number of carbonyl (C=O) groups is 2. The summed E-state index contributed by atoms with van der Waals surface area (Å²) in [4.78, 5) is 22.8. The molecule has 0 bridgehead atoms. The maximum absolute atomic E-state index is 12.0. The highest BCUT2D eigenvalue weighted by atomic mass is 79.9. The molecular formula is C12H12BrClO4. The van der Waals surface area contributed by atoms with Crippen LogP contribution in [0.4, 0.5) is 0 Å². The molecule has 98 valence electrons. The molecule has 1 unspecified atom stereocenters. The number of alkyl halides is 2. The van der Waals surface area contributed by atoms with Gasteiger partial charge in [-0.3, -0.25) is 4.79 Å². The largest absolute Gasteiger partial charge is 0.479 e. The molecule has 0 amide bonds. The molecule has 1 rings (SSSR count). The van der Waals surface area contributed by atoms with E-state index in [1.165, 1.54) is 6.07 Å². The van der Waals surface area contributed by atoms with Gasteiger partial charge in [0, 0.05) is 28.8 Å². The first-order valence-corrected chi connectivity index (χ1v) is 6.86. The van der Waals surface area contributed by atoms with Gasteiger partial charge in [-0.2, -0.15) is 0 Å². The molecule has 1 aromatic carbocycles. The van der Waals surface area contributed by atoms with Crippen LogP contribution in [-0.4, -0.2) is 27.3 Å². The van der Waals surface area contributed by atoms with Crippen molar-refractivity contribution < 1.29 is 19.8 Å². The zero-order chi connectivity index (χ0) is 13.7. The number of carboxylic acids is 1. The fraction of sp³-hybridized carbons (Fsp3) is 0.333. The van der Waals surface area contributed by atoms with Crippen LogP contribution in [-0.2, 0) is 10.7 Å². The molecule has 0 heterocycles. The molecule has 0 aliphatic heterocycles. The van der Waals surface area contributed by atoms with Gasteiger partial charge < -0.3 is 10.2 Å². The minimum atomic E-state index is -1.72. The van der Waals surface area contributed by atoms with Crippen molar-refractivity contribution in [2.45, 2.75) is 18.4 Å². The van der Waals surface area contributed by atoms with E-state index in [-0.39, 0.29) is 29.2 Å². The monoisotopic (exact) mass is 334 g/mol. The summed E-state index contributed by atoms with van der Waals surface area (Å²) in [6.07, 6.45) is -1.50. The molecule has 1 atom stereocenters. The molecule has 0 saturated heterocycles. The quantitative estimate of drug-likeness (QED) is 0.619. The van der Waals surface area contributed by atoms with Crippen molar-refractivity contribution in [2.24, 2.45) is 0 Å². The number of aliphatic hydroxyl groups excluding tert-OH is 1. The van der Waals surface area contributed by atoms with Gasteiger partial charge >= 0.3 is 5.97 Å². The van der Waals surface area contributed by atoms with Gasteiger partial charge in [-0.15, -0.1) is 11.6 Å². The lowest BCUT2D eigenvalue weighted by molar-refractivity contribution is -0.146. The second-order valence-corrected chi connectivity index (χ2v) is 4.68. The van der Waals surface area contributed by atoms with Crippen LogP contribution < -0.4 is 0 Å². The topological polar surface area (TPSA) is 74.6 Å². The molecule has 0 fully saturated rings. The third-order valence-corrected chi connectivity index (χ3v) is 3.14.